The van der Waals surface area contributed by atoms with Crippen LogP contribution < -0.4 is 5.32 Å². The molecule has 29 heavy (non-hydrogen) atoms. The van der Waals surface area contributed by atoms with Gasteiger partial charge in [-0.15, -0.1) is 10.2 Å². The molecule has 2 N–H and O–H groups in total. The molecular formula is C21H18F3N5. The zero-order valence-corrected chi connectivity index (χ0v) is 16.1. The lowest BCUT2D eigenvalue weighted by molar-refractivity contribution is 0.515. The van der Waals surface area contributed by atoms with Crippen molar-refractivity contribution in [3.8, 4) is 16.8 Å². The van der Waals surface area contributed by atoms with Crippen molar-refractivity contribution in [1.82, 2.24) is 19.7 Å². The van der Waals surface area contributed by atoms with E-state index >= 15 is 8.78 Å². The van der Waals surface area contributed by atoms with Gasteiger partial charge >= 0.3 is 0 Å². The SMILES string of the molecule is CCc1nnc2n1-c1c(cc(F)c(-c3cc(F)cc4cc[nH]c34)c1F)NC2(C)C. The fourth-order valence-corrected chi connectivity index (χ4v) is 4.08. The Bertz CT molecular complexity index is 1290. The van der Waals surface area contributed by atoms with E-state index in [2.05, 4.69) is 20.5 Å². The molecule has 3 heterocycles. The number of aryl methyl sites for hydroxylation is 1. The Labute approximate surface area is 164 Å². The second kappa shape index (κ2) is 5.85. The van der Waals surface area contributed by atoms with Gasteiger partial charge in [0.1, 0.15) is 23.1 Å². The third-order valence-electron chi connectivity index (χ3n) is 5.36. The average molecular weight is 397 g/mol. The van der Waals surface area contributed by atoms with Crippen molar-refractivity contribution in [2.45, 2.75) is 32.7 Å². The van der Waals surface area contributed by atoms with Crippen LogP contribution in [0.2, 0.25) is 0 Å². The van der Waals surface area contributed by atoms with E-state index in [1.165, 1.54) is 12.1 Å². The second-order valence-corrected chi connectivity index (χ2v) is 7.72. The van der Waals surface area contributed by atoms with Gasteiger partial charge in [0.2, 0.25) is 0 Å². The predicted molar refractivity (Wildman–Crippen MR) is 105 cm³/mol. The summed E-state index contributed by atoms with van der Waals surface area (Å²) in [5.74, 6) is -1.04. The summed E-state index contributed by atoms with van der Waals surface area (Å²) in [5, 5.41) is 12.1. The number of anilines is 1. The van der Waals surface area contributed by atoms with Crippen molar-refractivity contribution < 1.29 is 13.2 Å². The number of halogens is 3. The van der Waals surface area contributed by atoms with Gasteiger partial charge in [-0.2, -0.15) is 0 Å². The third-order valence-corrected chi connectivity index (χ3v) is 5.36. The van der Waals surface area contributed by atoms with Crippen LogP contribution in [0.4, 0.5) is 18.9 Å². The Morgan fingerprint density at radius 1 is 1.10 bits per heavy atom. The van der Waals surface area contributed by atoms with Crippen LogP contribution in [0.15, 0.2) is 30.5 Å². The Kier molecular flexibility index (Phi) is 3.59. The Morgan fingerprint density at radius 2 is 1.90 bits per heavy atom. The van der Waals surface area contributed by atoms with E-state index in [4.69, 9.17) is 0 Å². The molecule has 0 atom stereocenters. The standard InChI is InChI=1S/C21H18F3N5/c1-4-15-27-28-20-21(2,3)26-14-9-13(23)16(17(24)19(14)29(15)20)12-8-11(22)7-10-5-6-25-18(10)12/h5-9,25-26H,4H2,1-3H3. The molecule has 0 amide bonds. The highest BCUT2D eigenvalue weighted by atomic mass is 19.1. The van der Waals surface area contributed by atoms with Gasteiger partial charge in [0.15, 0.2) is 11.6 Å². The van der Waals surface area contributed by atoms with Crippen molar-refractivity contribution >= 4 is 16.6 Å². The van der Waals surface area contributed by atoms with Gasteiger partial charge < -0.3 is 10.3 Å². The zero-order valence-electron chi connectivity index (χ0n) is 16.1. The first-order chi connectivity index (χ1) is 13.8. The van der Waals surface area contributed by atoms with Gasteiger partial charge in [0, 0.05) is 29.6 Å². The minimum atomic E-state index is -0.791. The van der Waals surface area contributed by atoms with Gasteiger partial charge in [0.05, 0.1) is 22.3 Å². The first-order valence-corrected chi connectivity index (χ1v) is 9.34. The van der Waals surface area contributed by atoms with Crippen LogP contribution in [0, 0.1) is 17.5 Å². The van der Waals surface area contributed by atoms with Crippen LogP contribution in [-0.2, 0) is 12.0 Å². The highest BCUT2D eigenvalue weighted by Crippen LogP contribution is 2.43. The fraction of sp³-hybridized carbons (Fsp3) is 0.238. The molecule has 1 aliphatic rings. The molecule has 148 valence electrons. The number of benzene rings is 2. The molecule has 0 radical (unpaired) electrons. The highest BCUT2D eigenvalue weighted by molar-refractivity contribution is 5.95. The molecule has 0 unspecified atom stereocenters. The summed E-state index contributed by atoms with van der Waals surface area (Å²) in [4.78, 5) is 2.95. The van der Waals surface area contributed by atoms with Crippen molar-refractivity contribution in [3.05, 3.63) is 59.6 Å². The minimum absolute atomic E-state index is 0.125. The van der Waals surface area contributed by atoms with Crippen LogP contribution in [-0.4, -0.2) is 19.7 Å². The number of aromatic nitrogens is 4. The van der Waals surface area contributed by atoms with Crippen molar-refractivity contribution in [3.63, 3.8) is 0 Å². The monoisotopic (exact) mass is 397 g/mol. The number of rotatable bonds is 2. The van der Waals surface area contributed by atoms with Gasteiger partial charge in [-0.25, -0.2) is 13.2 Å². The summed E-state index contributed by atoms with van der Waals surface area (Å²) in [5.41, 5.74) is 0.0722. The van der Waals surface area contributed by atoms with Crippen LogP contribution in [0.1, 0.15) is 32.4 Å². The molecule has 1 aliphatic heterocycles. The van der Waals surface area contributed by atoms with Gasteiger partial charge in [-0.05, 0) is 32.0 Å². The molecule has 0 fully saturated rings. The van der Waals surface area contributed by atoms with E-state index in [9.17, 15) is 4.39 Å². The van der Waals surface area contributed by atoms with Crippen LogP contribution in [0.3, 0.4) is 0 Å². The predicted octanol–water partition coefficient (Wildman–Crippen LogP) is 5.06. The quantitative estimate of drug-likeness (QED) is 0.497. The molecule has 0 aliphatic carbocycles. The molecule has 5 rings (SSSR count). The maximum Gasteiger partial charge on any atom is 0.162 e. The largest absolute Gasteiger partial charge is 0.371 e. The number of hydrogen-bond acceptors (Lipinski definition) is 3. The molecule has 0 spiro atoms. The Balaban J connectivity index is 1.87. The van der Waals surface area contributed by atoms with Gasteiger partial charge in [0.25, 0.3) is 0 Å². The van der Waals surface area contributed by atoms with E-state index in [1.807, 2.05) is 20.8 Å². The van der Waals surface area contributed by atoms with Crippen molar-refractivity contribution in [1.29, 1.82) is 0 Å². The van der Waals surface area contributed by atoms with Gasteiger partial charge in [-0.3, -0.25) is 4.57 Å². The summed E-state index contributed by atoms with van der Waals surface area (Å²) < 4.78 is 46.9. The number of hydrogen-bond donors (Lipinski definition) is 2. The number of fused-ring (bicyclic) bond motifs is 4. The molecule has 2 aromatic carbocycles. The summed E-state index contributed by atoms with van der Waals surface area (Å²) in [7, 11) is 0. The minimum Gasteiger partial charge on any atom is -0.371 e. The highest BCUT2D eigenvalue weighted by Gasteiger charge is 2.37. The smallest absolute Gasteiger partial charge is 0.162 e. The molecule has 2 aromatic heterocycles. The van der Waals surface area contributed by atoms with Crippen LogP contribution >= 0.6 is 0 Å². The molecule has 0 bridgehead atoms. The van der Waals surface area contributed by atoms with Crippen molar-refractivity contribution in [2.24, 2.45) is 0 Å². The summed E-state index contributed by atoms with van der Waals surface area (Å²) in [6.45, 7) is 5.63. The molecule has 8 heteroatoms. The number of H-pyrrole nitrogens is 1. The zero-order chi connectivity index (χ0) is 20.5. The summed E-state index contributed by atoms with van der Waals surface area (Å²) in [6.07, 6.45) is 2.13. The number of nitrogens with one attached hydrogen (secondary N) is 2. The lowest BCUT2D eigenvalue weighted by Crippen LogP contribution is -2.36. The van der Waals surface area contributed by atoms with Gasteiger partial charge in [-0.1, -0.05) is 6.92 Å². The molecule has 0 saturated heterocycles. The van der Waals surface area contributed by atoms with Crippen LogP contribution in [0.25, 0.3) is 27.7 Å². The van der Waals surface area contributed by atoms with E-state index < -0.39 is 23.0 Å². The van der Waals surface area contributed by atoms with Crippen LogP contribution in [0.5, 0.6) is 0 Å². The first-order valence-electron chi connectivity index (χ1n) is 9.34. The molecule has 4 aromatic rings. The fourth-order valence-electron chi connectivity index (χ4n) is 4.08. The molecular weight excluding hydrogens is 379 g/mol. The Morgan fingerprint density at radius 3 is 2.66 bits per heavy atom. The lowest BCUT2D eigenvalue weighted by atomic mass is 9.95. The summed E-state index contributed by atoms with van der Waals surface area (Å²) in [6, 6.07) is 5.37. The normalized spacial score (nSPS) is 14.6. The maximum absolute atomic E-state index is 15.9. The topological polar surface area (TPSA) is 58.5 Å². The van der Waals surface area contributed by atoms with E-state index in [0.29, 0.717) is 34.7 Å². The molecule has 0 saturated carbocycles. The third kappa shape index (κ3) is 2.41. The number of aromatic amines is 1. The van der Waals surface area contributed by atoms with E-state index in [1.54, 1.807) is 16.8 Å². The maximum atomic E-state index is 15.9. The number of nitrogens with zero attached hydrogens (tertiary/aromatic N) is 3. The average Bonchev–Trinajstić information content (AvgIpc) is 3.27. The Hall–Kier alpha value is -3.29. The van der Waals surface area contributed by atoms with Crippen molar-refractivity contribution in [2.75, 3.05) is 5.32 Å². The van der Waals surface area contributed by atoms with E-state index in [-0.39, 0.29) is 16.8 Å². The summed E-state index contributed by atoms with van der Waals surface area (Å²) >= 11 is 0. The second-order valence-electron chi connectivity index (χ2n) is 7.72. The van der Waals surface area contributed by atoms with E-state index in [0.717, 1.165) is 6.07 Å². The first kappa shape index (κ1) is 17.8. The molecule has 5 nitrogen and oxygen atoms in total. The lowest BCUT2D eigenvalue weighted by Gasteiger charge is -2.34.